The Hall–Kier alpha value is -3.56. The molecule has 10 heteroatoms. The van der Waals surface area contributed by atoms with Gasteiger partial charge in [0.1, 0.15) is 23.9 Å². The average Bonchev–Trinajstić information content (AvgIpc) is 3.32. The summed E-state index contributed by atoms with van der Waals surface area (Å²) in [5.41, 5.74) is 5.38. The summed E-state index contributed by atoms with van der Waals surface area (Å²) in [4.78, 5) is 26.0. The third-order valence-electron chi connectivity index (χ3n) is 6.22. The number of ether oxygens (including phenoxy) is 1. The maximum atomic E-state index is 12.0. The first-order valence-corrected chi connectivity index (χ1v) is 11.4. The Morgan fingerprint density at radius 3 is 2.85 bits per heavy atom. The van der Waals surface area contributed by atoms with Gasteiger partial charge in [-0.3, -0.25) is 10.2 Å². The maximum Gasteiger partial charge on any atom is 0.251 e. The van der Waals surface area contributed by atoms with Crippen molar-refractivity contribution >= 4 is 35.4 Å². The minimum absolute atomic E-state index is 0.0570. The van der Waals surface area contributed by atoms with Gasteiger partial charge in [0, 0.05) is 18.7 Å². The summed E-state index contributed by atoms with van der Waals surface area (Å²) in [5, 5.41) is 10.2. The standard InChI is InChI=1S/C23H32N8O2/c1-6-8-14(3)31-17(7-2)21-29-26-13-30(21)18-12-25-23(28-20(18)31)27-16-10-9-15(22(32)24-4)11-19(16)33-5/h9-14,17,21,29H,6-8H2,1-5H3,(H,24,32)(H,25,27,28). The molecule has 3 N–H and O–H groups in total. The second-order valence-electron chi connectivity index (χ2n) is 8.27. The lowest BCUT2D eigenvalue weighted by atomic mass is 10.0. The topological polar surface area (TPSA) is 107 Å². The lowest BCUT2D eigenvalue weighted by molar-refractivity contribution is 0.0963. The first-order valence-electron chi connectivity index (χ1n) is 11.4. The molecule has 0 fully saturated rings. The van der Waals surface area contributed by atoms with Gasteiger partial charge in [-0.1, -0.05) is 20.3 Å². The molecule has 10 nitrogen and oxygen atoms in total. The third-order valence-corrected chi connectivity index (χ3v) is 6.22. The van der Waals surface area contributed by atoms with Gasteiger partial charge in [-0.25, -0.2) is 4.98 Å². The van der Waals surface area contributed by atoms with Crippen molar-refractivity contribution in [1.29, 1.82) is 0 Å². The molecule has 3 atom stereocenters. The first-order chi connectivity index (χ1) is 16.0. The van der Waals surface area contributed by atoms with E-state index in [1.54, 1.807) is 32.4 Å². The third kappa shape index (κ3) is 4.12. The predicted molar refractivity (Wildman–Crippen MR) is 131 cm³/mol. The molecule has 3 heterocycles. The van der Waals surface area contributed by atoms with Gasteiger partial charge in [0.15, 0.2) is 5.82 Å². The number of fused-ring (bicyclic) bond motifs is 3. The summed E-state index contributed by atoms with van der Waals surface area (Å²) in [6, 6.07) is 5.75. The summed E-state index contributed by atoms with van der Waals surface area (Å²) in [6.07, 6.45) is 6.80. The predicted octanol–water partition coefficient (Wildman–Crippen LogP) is 3.05. The molecule has 176 valence electrons. The zero-order valence-corrected chi connectivity index (χ0v) is 19.8. The van der Waals surface area contributed by atoms with Crippen LogP contribution in [-0.2, 0) is 0 Å². The normalized spacial score (nSPS) is 19.4. The van der Waals surface area contributed by atoms with Crippen LogP contribution in [0.1, 0.15) is 50.4 Å². The van der Waals surface area contributed by atoms with Crippen LogP contribution in [0.3, 0.4) is 0 Å². The molecule has 0 bridgehead atoms. The zero-order valence-electron chi connectivity index (χ0n) is 19.8. The van der Waals surface area contributed by atoms with Crippen molar-refractivity contribution < 1.29 is 9.53 Å². The fourth-order valence-electron chi connectivity index (χ4n) is 4.61. The molecule has 0 saturated carbocycles. The Bertz CT molecular complexity index is 1040. The molecule has 1 aromatic heterocycles. The lowest BCUT2D eigenvalue weighted by Crippen LogP contribution is -2.60. The molecule has 1 amide bonds. The number of anilines is 4. The second-order valence-corrected chi connectivity index (χ2v) is 8.27. The summed E-state index contributed by atoms with van der Waals surface area (Å²) in [5.74, 6) is 1.71. The molecule has 0 spiro atoms. The van der Waals surface area contributed by atoms with E-state index >= 15 is 0 Å². The van der Waals surface area contributed by atoms with Gasteiger partial charge in [0.05, 0.1) is 25.0 Å². The Kier molecular flexibility index (Phi) is 6.52. The molecule has 0 saturated heterocycles. The number of hydrogen-bond donors (Lipinski definition) is 3. The van der Waals surface area contributed by atoms with E-state index in [1.807, 2.05) is 12.5 Å². The Morgan fingerprint density at radius 1 is 1.33 bits per heavy atom. The minimum atomic E-state index is -0.175. The number of rotatable bonds is 8. The molecule has 2 aliphatic heterocycles. The number of hydrazone groups is 1. The van der Waals surface area contributed by atoms with E-state index in [-0.39, 0.29) is 18.1 Å². The number of benzene rings is 1. The highest BCUT2D eigenvalue weighted by molar-refractivity contribution is 5.95. The van der Waals surface area contributed by atoms with E-state index in [2.05, 4.69) is 56.7 Å². The highest BCUT2D eigenvalue weighted by Gasteiger charge is 2.42. The number of nitrogens with zero attached hydrogens (tertiary/aromatic N) is 5. The molecule has 0 aliphatic carbocycles. The molecule has 2 aliphatic rings. The first kappa shape index (κ1) is 22.6. The molecule has 1 aromatic carbocycles. The van der Waals surface area contributed by atoms with Crippen molar-refractivity contribution in [1.82, 2.24) is 20.7 Å². The number of nitrogens with one attached hydrogen (secondary N) is 3. The van der Waals surface area contributed by atoms with Crippen molar-refractivity contribution in [3.63, 3.8) is 0 Å². The van der Waals surface area contributed by atoms with E-state index in [1.165, 1.54) is 0 Å². The van der Waals surface area contributed by atoms with E-state index in [0.717, 1.165) is 30.8 Å². The number of methoxy groups -OCH3 is 1. The lowest BCUT2D eigenvalue weighted by Gasteiger charge is -2.47. The van der Waals surface area contributed by atoms with Crippen LogP contribution in [0.4, 0.5) is 23.1 Å². The summed E-state index contributed by atoms with van der Waals surface area (Å²) >= 11 is 0. The number of amides is 1. The van der Waals surface area contributed by atoms with E-state index in [9.17, 15) is 4.79 Å². The van der Waals surface area contributed by atoms with Crippen LogP contribution < -0.4 is 30.6 Å². The SMILES string of the molecule is CCCC(C)N1c2nc(Nc3ccc(C(=O)NC)cc3OC)ncc2N2C=NNC2C1CC. The van der Waals surface area contributed by atoms with Crippen molar-refractivity contribution in [2.75, 3.05) is 29.3 Å². The molecular formula is C23H32N8O2. The summed E-state index contributed by atoms with van der Waals surface area (Å²) in [7, 11) is 3.17. The molecule has 33 heavy (non-hydrogen) atoms. The number of hydrogen-bond acceptors (Lipinski definition) is 9. The highest BCUT2D eigenvalue weighted by Crippen LogP contribution is 2.40. The molecular weight excluding hydrogens is 420 g/mol. The van der Waals surface area contributed by atoms with Gasteiger partial charge in [-0.15, -0.1) is 0 Å². The Morgan fingerprint density at radius 2 is 2.15 bits per heavy atom. The van der Waals surface area contributed by atoms with E-state index in [4.69, 9.17) is 9.72 Å². The van der Waals surface area contributed by atoms with E-state index < -0.39 is 0 Å². The van der Waals surface area contributed by atoms with Gasteiger partial charge in [0.2, 0.25) is 5.95 Å². The molecule has 4 rings (SSSR count). The van der Waals surface area contributed by atoms with E-state index in [0.29, 0.717) is 29.0 Å². The van der Waals surface area contributed by atoms with Crippen LogP contribution in [0.2, 0.25) is 0 Å². The zero-order chi connectivity index (χ0) is 23.5. The monoisotopic (exact) mass is 452 g/mol. The fourth-order valence-corrected chi connectivity index (χ4v) is 4.61. The second kappa shape index (κ2) is 9.51. The quantitative estimate of drug-likeness (QED) is 0.561. The van der Waals surface area contributed by atoms with Crippen LogP contribution >= 0.6 is 0 Å². The maximum absolute atomic E-state index is 12.0. The van der Waals surface area contributed by atoms with Gasteiger partial charge >= 0.3 is 0 Å². The van der Waals surface area contributed by atoms with Gasteiger partial charge in [0.25, 0.3) is 5.91 Å². The Labute approximate surface area is 194 Å². The van der Waals surface area contributed by atoms with Gasteiger partial charge < -0.3 is 25.2 Å². The smallest absolute Gasteiger partial charge is 0.251 e. The largest absolute Gasteiger partial charge is 0.495 e. The van der Waals surface area contributed by atoms with Crippen molar-refractivity contribution in [2.45, 2.75) is 58.3 Å². The minimum Gasteiger partial charge on any atom is -0.495 e. The average molecular weight is 453 g/mol. The highest BCUT2D eigenvalue weighted by atomic mass is 16.5. The van der Waals surface area contributed by atoms with Crippen LogP contribution in [-0.4, -0.2) is 54.6 Å². The number of carbonyl (C=O) groups is 1. The summed E-state index contributed by atoms with van der Waals surface area (Å²) < 4.78 is 5.51. The summed E-state index contributed by atoms with van der Waals surface area (Å²) in [6.45, 7) is 6.64. The van der Waals surface area contributed by atoms with Gasteiger partial charge in [-0.2, -0.15) is 10.1 Å². The molecule has 0 radical (unpaired) electrons. The van der Waals surface area contributed by atoms with Crippen LogP contribution in [0.15, 0.2) is 29.5 Å². The number of carbonyl (C=O) groups excluding carboxylic acids is 1. The van der Waals surface area contributed by atoms with Crippen molar-refractivity contribution in [3.05, 3.63) is 30.0 Å². The van der Waals surface area contributed by atoms with Crippen LogP contribution in [0.25, 0.3) is 0 Å². The van der Waals surface area contributed by atoms with Crippen LogP contribution in [0.5, 0.6) is 5.75 Å². The molecule has 2 aromatic rings. The fraction of sp³-hybridized carbons (Fsp3) is 0.478. The van der Waals surface area contributed by atoms with Gasteiger partial charge in [-0.05, 0) is 38.0 Å². The van der Waals surface area contributed by atoms with Crippen molar-refractivity contribution in [3.8, 4) is 5.75 Å². The number of aromatic nitrogens is 2. The van der Waals surface area contributed by atoms with Crippen molar-refractivity contribution in [2.24, 2.45) is 5.10 Å². The molecule has 3 unspecified atom stereocenters. The Balaban J connectivity index is 1.71. The van der Waals surface area contributed by atoms with Crippen LogP contribution in [0, 0.1) is 0 Å².